The molecule has 0 unspecified atom stereocenters. The van der Waals surface area contributed by atoms with Crippen molar-refractivity contribution >= 4 is 34.3 Å². The Labute approximate surface area is 310 Å². The topological polar surface area (TPSA) is 139 Å². The van der Waals surface area contributed by atoms with Gasteiger partial charge in [0.1, 0.15) is 22.5 Å². The summed E-state index contributed by atoms with van der Waals surface area (Å²) in [6.07, 6.45) is 5.99. The standard InChI is InChI=1S/C40H40N8O4S/c1-26-13-14-29(21-41-26)36-44-27(2)34(53-36)39(51)46-18-15-31(32(22-46)28-9-5-3-6-10-28)37(49)45-19-16-40(52,17-20-45)23-47-24-43-35-33(38(47)50)42-25-48(35)30-11-7-4-8-12-30/h3-14,21,24-25,31-32,52H,15-20,22-23H2,1-2H3/t31-,32+/m1/s1. The second-order valence-corrected chi connectivity index (χ2v) is 15.1. The summed E-state index contributed by atoms with van der Waals surface area (Å²) in [4.78, 5) is 64.0. The van der Waals surface area contributed by atoms with Gasteiger partial charge in [-0.2, -0.15) is 0 Å². The number of piperidine rings is 2. The number of imidazole rings is 1. The maximum Gasteiger partial charge on any atom is 0.281 e. The fourth-order valence-electron chi connectivity index (χ4n) is 7.60. The van der Waals surface area contributed by atoms with Gasteiger partial charge in [0.2, 0.25) is 5.91 Å². The maximum absolute atomic E-state index is 14.3. The van der Waals surface area contributed by atoms with Crippen molar-refractivity contribution in [3.05, 3.63) is 124 Å². The zero-order valence-corrected chi connectivity index (χ0v) is 30.4. The number of pyridine rings is 1. The molecule has 0 spiro atoms. The first-order chi connectivity index (χ1) is 25.7. The number of benzene rings is 2. The van der Waals surface area contributed by atoms with E-state index in [0.717, 1.165) is 27.5 Å². The zero-order valence-electron chi connectivity index (χ0n) is 29.6. The third kappa shape index (κ3) is 6.77. The van der Waals surface area contributed by atoms with Gasteiger partial charge < -0.3 is 14.9 Å². The van der Waals surface area contributed by atoms with E-state index in [-0.39, 0.29) is 41.3 Å². The second-order valence-electron chi connectivity index (χ2n) is 14.1. The fraction of sp³-hybridized carbons (Fsp3) is 0.325. The Kier molecular flexibility index (Phi) is 9.21. The molecule has 53 heavy (non-hydrogen) atoms. The molecule has 6 aromatic rings. The minimum Gasteiger partial charge on any atom is -0.388 e. The molecule has 270 valence electrons. The number of carbonyl (C=O) groups excluding carboxylic acids is 2. The summed E-state index contributed by atoms with van der Waals surface area (Å²) in [5, 5.41) is 12.4. The third-order valence-corrected chi connectivity index (χ3v) is 11.8. The number of likely N-dealkylation sites (tertiary alicyclic amines) is 2. The lowest BCUT2D eigenvalue weighted by Crippen LogP contribution is -2.53. The molecular weight excluding hydrogens is 689 g/mol. The van der Waals surface area contributed by atoms with Crippen LogP contribution in [0, 0.1) is 19.8 Å². The van der Waals surface area contributed by atoms with Gasteiger partial charge in [0.05, 0.1) is 17.8 Å². The van der Waals surface area contributed by atoms with E-state index in [2.05, 4.69) is 15.0 Å². The summed E-state index contributed by atoms with van der Waals surface area (Å²) < 4.78 is 3.19. The van der Waals surface area contributed by atoms with Gasteiger partial charge in [0.25, 0.3) is 11.5 Å². The molecule has 2 aliphatic heterocycles. The van der Waals surface area contributed by atoms with Crippen LogP contribution in [-0.4, -0.2) is 87.6 Å². The number of rotatable bonds is 7. The highest BCUT2D eigenvalue weighted by Gasteiger charge is 2.42. The summed E-state index contributed by atoms with van der Waals surface area (Å²) in [6.45, 7) is 5.44. The van der Waals surface area contributed by atoms with Crippen LogP contribution in [0.1, 0.15) is 51.8 Å². The number of hydrogen-bond acceptors (Lipinski definition) is 9. The van der Waals surface area contributed by atoms with Gasteiger partial charge in [-0.15, -0.1) is 11.3 Å². The van der Waals surface area contributed by atoms with Crippen molar-refractivity contribution < 1.29 is 14.7 Å². The first-order valence-corrected chi connectivity index (χ1v) is 18.7. The largest absolute Gasteiger partial charge is 0.388 e. The summed E-state index contributed by atoms with van der Waals surface area (Å²) in [5.74, 6) is -0.555. The van der Waals surface area contributed by atoms with Crippen molar-refractivity contribution in [3.63, 3.8) is 0 Å². The van der Waals surface area contributed by atoms with E-state index < -0.39 is 5.60 Å². The van der Waals surface area contributed by atoms with Crippen molar-refractivity contribution in [2.45, 2.75) is 51.2 Å². The van der Waals surface area contributed by atoms with Crippen molar-refractivity contribution in [3.8, 4) is 16.3 Å². The number of carbonyl (C=O) groups is 2. The van der Waals surface area contributed by atoms with E-state index in [1.807, 2.05) is 96.4 Å². The Balaban J connectivity index is 0.954. The van der Waals surface area contributed by atoms with Crippen LogP contribution in [0.25, 0.3) is 27.4 Å². The molecule has 0 radical (unpaired) electrons. The second kappa shape index (κ2) is 14.1. The minimum atomic E-state index is -1.19. The van der Waals surface area contributed by atoms with Crippen LogP contribution >= 0.6 is 11.3 Å². The van der Waals surface area contributed by atoms with Crippen LogP contribution in [0.15, 0.2) is 96.4 Å². The minimum absolute atomic E-state index is 0.0304. The van der Waals surface area contributed by atoms with Gasteiger partial charge >= 0.3 is 0 Å². The van der Waals surface area contributed by atoms with E-state index in [1.165, 1.54) is 22.2 Å². The van der Waals surface area contributed by atoms with Crippen molar-refractivity contribution in [2.24, 2.45) is 5.92 Å². The number of para-hydroxylation sites is 1. The smallest absolute Gasteiger partial charge is 0.281 e. The molecule has 0 saturated carbocycles. The Morgan fingerprint density at radius 2 is 1.62 bits per heavy atom. The lowest BCUT2D eigenvalue weighted by molar-refractivity contribution is -0.142. The molecule has 6 heterocycles. The highest BCUT2D eigenvalue weighted by Crippen LogP contribution is 2.37. The van der Waals surface area contributed by atoms with Gasteiger partial charge in [-0.25, -0.2) is 15.0 Å². The molecule has 8 rings (SSSR count). The van der Waals surface area contributed by atoms with Crippen molar-refractivity contribution in [1.82, 2.24) is 38.9 Å². The molecule has 1 N–H and O–H groups in total. The number of hydrogen-bond donors (Lipinski definition) is 1. The number of fused-ring (bicyclic) bond motifs is 1. The van der Waals surface area contributed by atoms with Gasteiger partial charge in [0, 0.05) is 61.2 Å². The molecule has 2 saturated heterocycles. The van der Waals surface area contributed by atoms with E-state index in [9.17, 15) is 19.5 Å². The fourth-order valence-corrected chi connectivity index (χ4v) is 8.62. The summed E-state index contributed by atoms with van der Waals surface area (Å²) in [6, 6.07) is 23.4. The van der Waals surface area contributed by atoms with Crippen LogP contribution in [0.3, 0.4) is 0 Å². The van der Waals surface area contributed by atoms with Crippen molar-refractivity contribution in [1.29, 1.82) is 0 Å². The predicted octanol–water partition coefficient (Wildman–Crippen LogP) is 5.02. The highest BCUT2D eigenvalue weighted by atomic mass is 32.1. The predicted molar refractivity (Wildman–Crippen MR) is 202 cm³/mol. The molecule has 4 aromatic heterocycles. The van der Waals surface area contributed by atoms with Crippen LogP contribution in [0.4, 0.5) is 0 Å². The van der Waals surface area contributed by atoms with Crippen LogP contribution in [0.2, 0.25) is 0 Å². The number of aromatic nitrogens is 6. The van der Waals surface area contributed by atoms with E-state index >= 15 is 0 Å². The Morgan fingerprint density at radius 3 is 2.34 bits per heavy atom. The van der Waals surface area contributed by atoms with Crippen molar-refractivity contribution in [2.75, 3.05) is 26.2 Å². The average Bonchev–Trinajstić information content (AvgIpc) is 3.80. The molecule has 2 aromatic carbocycles. The van der Waals surface area contributed by atoms with E-state index in [4.69, 9.17) is 4.98 Å². The summed E-state index contributed by atoms with van der Waals surface area (Å²) >= 11 is 1.38. The Morgan fingerprint density at radius 1 is 0.887 bits per heavy atom. The number of aryl methyl sites for hydroxylation is 2. The van der Waals surface area contributed by atoms with Gasteiger partial charge in [-0.3, -0.25) is 28.5 Å². The summed E-state index contributed by atoms with van der Waals surface area (Å²) in [5.41, 5.74) is 3.53. The third-order valence-electron chi connectivity index (χ3n) is 10.6. The SMILES string of the molecule is Cc1ccc(-c2nc(C)c(C(=O)N3CC[C@@H](C(=O)N4CCC(O)(Cn5cnc6c(ncn6-c6ccccc6)c5=O)CC4)[C@H](c4ccccc4)C3)s2)cn1. The lowest BCUT2D eigenvalue weighted by Gasteiger charge is -2.43. The zero-order chi connectivity index (χ0) is 36.7. The van der Waals surface area contributed by atoms with Crippen LogP contribution < -0.4 is 5.56 Å². The molecule has 2 atom stereocenters. The molecule has 0 aliphatic carbocycles. The molecule has 12 nitrogen and oxygen atoms in total. The molecule has 2 amide bonds. The number of nitrogens with zero attached hydrogens (tertiary/aromatic N) is 8. The van der Waals surface area contributed by atoms with Gasteiger partial charge in [0.15, 0.2) is 11.2 Å². The van der Waals surface area contributed by atoms with E-state index in [1.54, 1.807) is 17.1 Å². The normalized spacial score (nSPS) is 18.7. The first-order valence-electron chi connectivity index (χ1n) is 17.9. The highest BCUT2D eigenvalue weighted by molar-refractivity contribution is 7.17. The van der Waals surface area contributed by atoms with Gasteiger partial charge in [-0.1, -0.05) is 48.5 Å². The van der Waals surface area contributed by atoms with Crippen LogP contribution in [-0.2, 0) is 11.3 Å². The first kappa shape index (κ1) is 34.6. The van der Waals surface area contributed by atoms with E-state index in [0.29, 0.717) is 61.7 Å². The quantitative estimate of drug-likeness (QED) is 0.242. The number of thiazole rings is 1. The van der Waals surface area contributed by atoms with Crippen LogP contribution in [0.5, 0.6) is 0 Å². The molecule has 2 aliphatic rings. The molecule has 2 fully saturated rings. The lowest BCUT2D eigenvalue weighted by atomic mass is 9.79. The average molecular weight is 729 g/mol. The Bertz CT molecular complexity index is 2330. The molecular formula is C40H40N8O4S. The number of aliphatic hydroxyl groups is 1. The van der Waals surface area contributed by atoms with Gasteiger partial charge in [-0.05, 0) is 62.9 Å². The monoisotopic (exact) mass is 728 g/mol. The molecule has 13 heteroatoms. The molecule has 0 bridgehead atoms. The Hall–Kier alpha value is -5.53. The summed E-state index contributed by atoms with van der Waals surface area (Å²) in [7, 11) is 0. The number of amides is 2. The maximum atomic E-state index is 14.3.